The molecule has 0 fully saturated rings. The van der Waals surface area contributed by atoms with Crippen molar-refractivity contribution >= 4 is 28.5 Å². The standard InChI is InChI=1S/C12H7NO2.C4H5N3/c14-11-8-5-1-3-7-4-2-6-9(10(7)8)12(15)13-11;5-4-6-2-1-3-7-4/h1-6H,(H,13,14,15);1-3H,(H2,5,6,7). The van der Waals surface area contributed by atoms with Gasteiger partial charge in [-0.25, -0.2) is 9.97 Å². The van der Waals surface area contributed by atoms with Crippen LogP contribution in [0.4, 0.5) is 5.95 Å². The number of nitrogens with one attached hydrogen (secondary N) is 1. The van der Waals surface area contributed by atoms with Gasteiger partial charge in [0, 0.05) is 28.9 Å². The van der Waals surface area contributed by atoms with E-state index in [1.165, 1.54) is 0 Å². The second-order valence-corrected chi connectivity index (χ2v) is 4.60. The number of carbonyl (C=O) groups excluding carboxylic acids is 2. The molecule has 0 saturated carbocycles. The molecule has 2 heterocycles. The molecule has 0 atom stereocenters. The van der Waals surface area contributed by atoms with E-state index in [0.717, 1.165) is 10.8 Å². The van der Waals surface area contributed by atoms with Gasteiger partial charge in [0.1, 0.15) is 0 Å². The van der Waals surface area contributed by atoms with Gasteiger partial charge in [0.2, 0.25) is 5.95 Å². The molecule has 0 saturated heterocycles. The van der Waals surface area contributed by atoms with E-state index in [-0.39, 0.29) is 11.8 Å². The molecule has 0 radical (unpaired) electrons. The van der Waals surface area contributed by atoms with Crippen LogP contribution in [0.1, 0.15) is 20.7 Å². The Hall–Kier alpha value is -3.28. The average molecular weight is 292 g/mol. The van der Waals surface area contributed by atoms with E-state index in [0.29, 0.717) is 17.1 Å². The van der Waals surface area contributed by atoms with Gasteiger partial charge >= 0.3 is 0 Å². The highest BCUT2D eigenvalue weighted by Crippen LogP contribution is 2.25. The fourth-order valence-electron chi connectivity index (χ4n) is 2.27. The predicted molar refractivity (Wildman–Crippen MR) is 82.2 cm³/mol. The number of nitrogens with two attached hydrogens (primary N) is 1. The third-order valence-corrected chi connectivity index (χ3v) is 3.21. The summed E-state index contributed by atoms with van der Waals surface area (Å²) in [4.78, 5) is 30.4. The summed E-state index contributed by atoms with van der Waals surface area (Å²) >= 11 is 0. The van der Waals surface area contributed by atoms with Gasteiger partial charge in [0.15, 0.2) is 0 Å². The maximum absolute atomic E-state index is 11.6. The fourth-order valence-corrected chi connectivity index (χ4v) is 2.27. The highest BCUT2D eigenvalue weighted by Gasteiger charge is 2.23. The Morgan fingerprint density at radius 1 is 0.818 bits per heavy atom. The van der Waals surface area contributed by atoms with Gasteiger partial charge < -0.3 is 5.73 Å². The van der Waals surface area contributed by atoms with Gasteiger partial charge in [-0.15, -0.1) is 0 Å². The molecule has 0 spiro atoms. The van der Waals surface area contributed by atoms with Crippen LogP contribution in [0.15, 0.2) is 54.9 Å². The number of benzene rings is 2. The molecule has 1 aromatic heterocycles. The molecule has 6 heteroatoms. The second kappa shape index (κ2) is 5.61. The first-order chi connectivity index (χ1) is 10.7. The van der Waals surface area contributed by atoms with Gasteiger partial charge in [-0.1, -0.05) is 24.3 Å². The number of anilines is 1. The number of carbonyl (C=O) groups is 2. The van der Waals surface area contributed by atoms with Crippen LogP contribution < -0.4 is 11.1 Å². The summed E-state index contributed by atoms with van der Waals surface area (Å²) in [7, 11) is 0. The molecule has 2 amide bonds. The summed E-state index contributed by atoms with van der Waals surface area (Å²) in [6.07, 6.45) is 3.20. The van der Waals surface area contributed by atoms with Crippen molar-refractivity contribution < 1.29 is 9.59 Å². The maximum Gasteiger partial charge on any atom is 0.258 e. The van der Waals surface area contributed by atoms with Crippen molar-refractivity contribution in [2.75, 3.05) is 5.73 Å². The van der Waals surface area contributed by atoms with E-state index in [1.54, 1.807) is 30.6 Å². The lowest BCUT2D eigenvalue weighted by molar-refractivity contribution is 0.0845. The summed E-state index contributed by atoms with van der Waals surface area (Å²) in [6, 6.07) is 12.6. The molecule has 0 unspecified atom stereocenters. The smallest absolute Gasteiger partial charge is 0.258 e. The number of nitrogens with zero attached hydrogens (tertiary/aromatic N) is 2. The SMILES string of the molecule is Nc1ncccn1.O=C1NC(=O)c2cccc3cccc1c23. The molecular formula is C16H12N4O2. The largest absolute Gasteiger partial charge is 0.368 e. The van der Waals surface area contributed by atoms with Crippen LogP contribution in [0.2, 0.25) is 0 Å². The first kappa shape index (κ1) is 13.7. The lowest BCUT2D eigenvalue weighted by Crippen LogP contribution is -2.34. The highest BCUT2D eigenvalue weighted by atomic mass is 16.2. The number of amides is 2. The minimum absolute atomic E-state index is 0.315. The van der Waals surface area contributed by atoms with Crippen molar-refractivity contribution in [3.63, 3.8) is 0 Å². The Balaban J connectivity index is 0.000000174. The Kier molecular flexibility index (Phi) is 3.49. The van der Waals surface area contributed by atoms with Crippen molar-refractivity contribution in [1.82, 2.24) is 15.3 Å². The number of rotatable bonds is 0. The maximum atomic E-state index is 11.6. The fraction of sp³-hybridized carbons (Fsp3) is 0. The first-order valence-electron chi connectivity index (χ1n) is 6.57. The van der Waals surface area contributed by atoms with Crippen molar-refractivity contribution in [3.8, 4) is 0 Å². The van der Waals surface area contributed by atoms with Crippen LogP contribution >= 0.6 is 0 Å². The average Bonchev–Trinajstić information content (AvgIpc) is 2.54. The third-order valence-electron chi connectivity index (χ3n) is 3.21. The minimum atomic E-state index is -0.315. The molecule has 0 aliphatic carbocycles. The molecule has 3 aromatic rings. The van der Waals surface area contributed by atoms with Crippen LogP contribution in [0.3, 0.4) is 0 Å². The van der Waals surface area contributed by atoms with Crippen molar-refractivity contribution in [3.05, 3.63) is 66.0 Å². The van der Waals surface area contributed by atoms with Crippen LogP contribution in [-0.4, -0.2) is 21.8 Å². The Morgan fingerprint density at radius 3 is 1.82 bits per heavy atom. The topological polar surface area (TPSA) is 98.0 Å². The normalized spacial score (nSPS) is 12.4. The number of hydrogen-bond acceptors (Lipinski definition) is 5. The van der Waals surface area contributed by atoms with Crippen LogP contribution in [-0.2, 0) is 0 Å². The van der Waals surface area contributed by atoms with Crippen LogP contribution in [0.5, 0.6) is 0 Å². The Morgan fingerprint density at radius 2 is 1.36 bits per heavy atom. The second-order valence-electron chi connectivity index (χ2n) is 4.60. The number of aromatic nitrogens is 2. The molecule has 4 rings (SSSR count). The van der Waals surface area contributed by atoms with Crippen LogP contribution in [0, 0.1) is 0 Å². The lowest BCUT2D eigenvalue weighted by Gasteiger charge is -2.15. The summed E-state index contributed by atoms with van der Waals surface area (Å²) in [5.41, 5.74) is 6.28. The van der Waals surface area contributed by atoms with Crippen molar-refractivity contribution in [2.45, 2.75) is 0 Å². The van der Waals surface area contributed by atoms with Gasteiger partial charge in [-0.2, -0.15) is 0 Å². The van der Waals surface area contributed by atoms with Gasteiger partial charge in [-0.05, 0) is 23.6 Å². The quantitative estimate of drug-likeness (QED) is 0.615. The van der Waals surface area contributed by atoms with E-state index in [2.05, 4.69) is 15.3 Å². The van der Waals surface area contributed by atoms with Gasteiger partial charge in [0.25, 0.3) is 11.8 Å². The minimum Gasteiger partial charge on any atom is -0.368 e. The predicted octanol–water partition coefficient (Wildman–Crippen LogP) is 1.78. The van der Waals surface area contributed by atoms with Crippen LogP contribution in [0.25, 0.3) is 10.8 Å². The summed E-state index contributed by atoms with van der Waals surface area (Å²) in [5, 5.41) is 4.00. The number of hydrogen-bond donors (Lipinski definition) is 2. The Labute approximate surface area is 126 Å². The van der Waals surface area contributed by atoms with E-state index in [1.807, 2.05) is 24.3 Å². The molecule has 1 aliphatic heterocycles. The molecule has 1 aliphatic rings. The zero-order chi connectivity index (χ0) is 15.5. The van der Waals surface area contributed by atoms with E-state index in [9.17, 15) is 9.59 Å². The molecule has 2 aromatic carbocycles. The molecule has 108 valence electrons. The summed E-state index contributed by atoms with van der Waals surface area (Å²) in [5.74, 6) is -0.309. The molecule has 6 nitrogen and oxygen atoms in total. The van der Waals surface area contributed by atoms with Gasteiger partial charge in [-0.3, -0.25) is 14.9 Å². The monoisotopic (exact) mass is 292 g/mol. The number of nitrogen functional groups attached to an aromatic ring is 1. The van der Waals surface area contributed by atoms with E-state index < -0.39 is 0 Å². The third kappa shape index (κ3) is 2.49. The van der Waals surface area contributed by atoms with Gasteiger partial charge in [0.05, 0.1) is 0 Å². The molecular weight excluding hydrogens is 280 g/mol. The van der Waals surface area contributed by atoms with Crippen molar-refractivity contribution in [1.29, 1.82) is 0 Å². The first-order valence-corrected chi connectivity index (χ1v) is 6.57. The summed E-state index contributed by atoms with van der Waals surface area (Å²) in [6.45, 7) is 0. The molecule has 22 heavy (non-hydrogen) atoms. The number of imide groups is 1. The zero-order valence-corrected chi connectivity index (χ0v) is 11.5. The van der Waals surface area contributed by atoms with E-state index >= 15 is 0 Å². The highest BCUT2D eigenvalue weighted by molar-refractivity contribution is 6.25. The lowest BCUT2D eigenvalue weighted by atomic mass is 9.95. The molecule has 0 bridgehead atoms. The van der Waals surface area contributed by atoms with E-state index in [4.69, 9.17) is 5.73 Å². The summed E-state index contributed by atoms with van der Waals surface area (Å²) < 4.78 is 0. The molecule has 3 N–H and O–H groups in total. The van der Waals surface area contributed by atoms with Crippen molar-refractivity contribution in [2.24, 2.45) is 0 Å². The Bertz CT molecular complexity index is 814. The zero-order valence-electron chi connectivity index (χ0n) is 11.5.